The van der Waals surface area contributed by atoms with Gasteiger partial charge in [0.25, 0.3) is 0 Å². The van der Waals surface area contributed by atoms with Gasteiger partial charge in [0.05, 0.1) is 6.61 Å². The van der Waals surface area contributed by atoms with Crippen molar-refractivity contribution in [2.75, 3.05) is 30.3 Å². The number of carbonyl (C=O) groups excluding carboxylic acids is 1. The summed E-state index contributed by atoms with van der Waals surface area (Å²) in [5.74, 6) is 0.396. The summed E-state index contributed by atoms with van der Waals surface area (Å²) in [6, 6.07) is -0.159. The lowest BCUT2D eigenvalue weighted by atomic mass is 10.2. The van der Waals surface area contributed by atoms with Gasteiger partial charge < -0.3 is 20.7 Å². The molecule has 1 amide bonds. The molecule has 2 rings (SSSR count). The predicted molar refractivity (Wildman–Crippen MR) is 65.2 cm³/mol. The minimum Gasteiger partial charge on any atom is -0.464 e. The van der Waals surface area contributed by atoms with E-state index < -0.39 is 0 Å². The fourth-order valence-corrected chi connectivity index (χ4v) is 1.74. The number of amides is 1. The van der Waals surface area contributed by atoms with Gasteiger partial charge in [-0.1, -0.05) is 0 Å². The molecule has 8 heteroatoms. The first-order chi connectivity index (χ1) is 8.61. The van der Waals surface area contributed by atoms with Crippen molar-refractivity contribution in [3.8, 4) is 6.01 Å². The number of hydrogen-bond acceptors (Lipinski definition) is 7. The van der Waals surface area contributed by atoms with Crippen LogP contribution in [0.25, 0.3) is 0 Å². The molecule has 1 unspecified atom stereocenters. The normalized spacial score (nSPS) is 19.6. The standard InChI is InChI=1S/C10H16N6O2/c1-3-18-10-14-8(11)13-9(15-10)16-5-4-12-7(17)6(16)2/h6H,3-5H2,1-2H3,(H,12,17)(H2,11,13,14,15). The molecular weight excluding hydrogens is 236 g/mol. The lowest BCUT2D eigenvalue weighted by Gasteiger charge is -2.32. The molecule has 1 aliphatic heterocycles. The van der Waals surface area contributed by atoms with Gasteiger partial charge in [0.1, 0.15) is 6.04 Å². The SMILES string of the molecule is CCOc1nc(N)nc(N2CCNC(=O)C2C)n1. The molecule has 0 saturated carbocycles. The maximum absolute atomic E-state index is 11.6. The summed E-state index contributed by atoms with van der Waals surface area (Å²) in [5.41, 5.74) is 5.61. The third-order valence-corrected chi connectivity index (χ3v) is 2.65. The number of nitrogen functional groups attached to an aromatic ring is 1. The van der Waals surface area contributed by atoms with Gasteiger partial charge >= 0.3 is 6.01 Å². The Morgan fingerprint density at radius 2 is 2.28 bits per heavy atom. The van der Waals surface area contributed by atoms with Crippen molar-refractivity contribution in [3.63, 3.8) is 0 Å². The molecule has 0 radical (unpaired) electrons. The molecule has 1 aliphatic rings. The maximum atomic E-state index is 11.6. The molecule has 1 fully saturated rings. The van der Waals surface area contributed by atoms with E-state index in [0.29, 0.717) is 25.6 Å². The summed E-state index contributed by atoms with van der Waals surface area (Å²) in [5, 5.41) is 2.77. The summed E-state index contributed by atoms with van der Waals surface area (Å²) in [7, 11) is 0. The Bertz CT molecular complexity index is 452. The van der Waals surface area contributed by atoms with Crippen molar-refractivity contribution in [2.24, 2.45) is 0 Å². The molecule has 8 nitrogen and oxygen atoms in total. The van der Waals surface area contributed by atoms with Crippen molar-refractivity contribution in [1.82, 2.24) is 20.3 Å². The van der Waals surface area contributed by atoms with Gasteiger partial charge in [-0.05, 0) is 13.8 Å². The molecule has 0 aromatic carbocycles. The highest BCUT2D eigenvalue weighted by Crippen LogP contribution is 2.17. The van der Waals surface area contributed by atoms with Crippen LogP contribution in [0.1, 0.15) is 13.8 Å². The van der Waals surface area contributed by atoms with E-state index in [1.54, 1.807) is 11.8 Å². The Kier molecular flexibility index (Phi) is 3.45. The van der Waals surface area contributed by atoms with Crippen LogP contribution >= 0.6 is 0 Å². The van der Waals surface area contributed by atoms with E-state index in [2.05, 4.69) is 20.3 Å². The third-order valence-electron chi connectivity index (χ3n) is 2.65. The molecule has 0 aliphatic carbocycles. The van der Waals surface area contributed by atoms with Crippen molar-refractivity contribution in [2.45, 2.75) is 19.9 Å². The largest absolute Gasteiger partial charge is 0.464 e. The van der Waals surface area contributed by atoms with Crippen LogP contribution < -0.4 is 20.7 Å². The zero-order chi connectivity index (χ0) is 13.1. The van der Waals surface area contributed by atoms with Crippen LogP contribution in [-0.4, -0.2) is 46.6 Å². The fourth-order valence-electron chi connectivity index (χ4n) is 1.74. The average Bonchev–Trinajstić information content (AvgIpc) is 2.32. The van der Waals surface area contributed by atoms with Gasteiger partial charge in [0.15, 0.2) is 0 Å². The highest BCUT2D eigenvalue weighted by Gasteiger charge is 2.28. The van der Waals surface area contributed by atoms with Crippen LogP contribution in [0.3, 0.4) is 0 Å². The van der Waals surface area contributed by atoms with Crippen molar-refractivity contribution in [1.29, 1.82) is 0 Å². The van der Waals surface area contributed by atoms with Crippen LogP contribution in [0.2, 0.25) is 0 Å². The molecule has 98 valence electrons. The summed E-state index contributed by atoms with van der Waals surface area (Å²) in [4.78, 5) is 25.4. The predicted octanol–water partition coefficient (Wildman–Crippen LogP) is -0.823. The molecule has 1 atom stereocenters. The van der Waals surface area contributed by atoms with Crippen molar-refractivity contribution in [3.05, 3.63) is 0 Å². The first-order valence-electron chi connectivity index (χ1n) is 5.80. The van der Waals surface area contributed by atoms with Gasteiger partial charge in [-0.3, -0.25) is 4.79 Å². The molecule has 1 aromatic heterocycles. The Balaban J connectivity index is 2.28. The lowest BCUT2D eigenvalue weighted by Crippen LogP contribution is -2.54. The first kappa shape index (κ1) is 12.3. The first-order valence-corrected chi connectivity index (χ1v) is 5.80. The number of ether oxygens (including phenoxy) is 1. The Morgan fingerprint density at radius 3 is 3.00 bits per heavy atom. The molecule has 0 bridgehead atoms. The average molecular weight is 252 g/mol. The maximum Gasteiger partial charge on any atom is 0.323 e. The summed E-state index contributed by atoms with van der Waals surface area (Å²) in [6.45, 7) is 5.24. The topological polar surface area (TPSA) is 106 Å². The number of nitrogens with one attached hydrogen (secondary N) is 1. The van der Waals surface area contributed by atoms with Crippen LogP contribution in [0.4, 0.5) is 11.9 Å². The van der Waals surface area contributed by atoms with Gasteiger partial charge in [0.2, 0.25) is 17.8 Å². The number of hydrogen-bond donors (Lipinski definition) is 2. The number of piperazine rings is 1. The van der Waals surface area contributed by atoms with E-state index in [9.17, 15) is 4.79 Å². The molecule has 0 spiro atoms. The van der Waals surface area contributed by atoms with Crippen molar-refractivity contribution >= 4 is 17.8 Å². The summed E-state index contributed by atoms with van der Waals surface area (Å²) < 4.78 is 5.21. The second-order valence-electron chi connectivity index (χ2n) is 3.87. The molecule has 1 saturated heterocycles. The zero-order valence-corrected chi connectivity index (χ0v) is 10.4. The quantitative estimate of drug-likeness (QED) is 0.723. The fraction of sp³-hybridized carbons (Fsp3) is 0.600. The number of aromatic nitrogens is 3. The van der Waals surface area contributed by atoms with Crippen LogP contribution in [0.15, 0.2) is 0 Å². The van der Waals surface area contributed by atoms with E-state index >= 15 is 0 Å². The molecule has 18 heavy (non-hydrogen) atoms. The van der Waals surface area contributed by atoms with E-state index in [0.717, 1.165) is 0 Å². The molecular formula is C10H16N6O2. The van der Waals surface area contributed by atoms with E-state index in [1.807, 2.05) is 6.92 Å². The van der Waals surface area contributed by atoms with Gasteiger partial charge in [-0.2, -0.15) is 15.0 Å². The minimum atomic E-state index is -0.338. The number of nitrogens with two attached hydrogens (primary N) is 1. The summed E-state index contributed by atoms with van der Waals surface area (Å²) >= 11 is 0. The zero-order valence-electron chi connectivity index (χ0n) is 10.4. The summed E-state index contributed by atoms with van der Waals surface area (Å²) in [6.07, 6.45) is 0. The second kappa shape index (κ2) is 5.03. The van der Waals surface area contributed by atoms with E-state index in [4.69, 9.17) is 10.5 Å². The Morgan fingerprint density at radius 1 is 1.50 bits per heavy atom. The number of rotatable bonds is 3. The highest BCUT2D eigenvalue weighted by atomic mass is 16.5. The number of carbonyl (C=O) groups is 1. The van der Waals surface area contributed by atoms with Crippen LogP contribution in [0, 0.1) is 0 Å². The second-order valence-corrected chi connectivity index (χ2v) is 3.87. The third kappa shape index (κ3) is 2.41. The van der Waals surface area contributed by atoms with Gasteiger partial charge in [-0.25, -0.2) is 0 Å². The van der Waals surface area contributed by atoms with Crippen molar-refractivity contribution < 1.29 is 9.53 Å². The lowest BCUT2D eigenvalue weighted by molar-refractivity contribution is -0.122. The number of anilines is 2. The van der Waals surface area contributed by atoms with Crippen LogP contribution in [-0.2, 0) is 4.79 Å². The van der Waals surface area contributed by atoms with Crippen LogP contribution in [0.5, 0.6) is 6.01 Å². The molecule has 1 aromatic rings. The monoisotopic (exact) mass is 252 g/mol. The van der Waals surface area contributed by atoms with E-state index in [-0.39, 0.29) is 23.9 Å². The minimum absolute atomic E-state index is 0.0572. The molecule has 3 N–H and O–H groups in total. The van der Waals surface area contributed by atoms with E-state index in [1.165, 1.54) is 0 Å². The number of nitrogens with zero attached hydrogens (tertiary/aromatic N) is 4. The van der Waals surface area contributed by atoms with Gasteiger partial charge in [-0.15, -0.1) is 0 Å². The smallest absolute Gasteiger partial charge is 0.323 e. The Labute approximate surface area is 105 Å². The Hall–Kier alpha value is -2.12. The highest BCUT2D eigenvalue weighted by molar-refractivity contribution is 5.85. The molecule has 2 heterocycles. The van der Waals surface area contributed by atoms with Gasteiger partial charge in [0, 0.05) is 13.1 Å².